The zero-order valence-corrected chi connectivity index (χ0v) is 20.5. The second kappa shape index (κ2) is 8.94. The van der Waals surface area contributed by atoms with Crippen LogP contribution in [0.3, 0.4) is 0 Å². The van der Waals surface area contributed by atoms with E-state index in [-0.39, 0.29) is 16.1 Å². The van der Waals surface area contributed by atoms with Gasteiger partial charge in [0.2, 0.25) is 0 Å². The van der Waals surface area contributed by atoms with Crippen molar-refractivity contribution >= 4 is 44.0 Å². The molecule has 35 heavy (non-hydrogen) atoms. The molecule has 0 fully saturated rings. The van der Waals surface area contributed by atoms with Crippen molar-refractivity contribution in [1.82, 2.24) is 9.97 Å². The Balaban J connectivity index is 1.70. The first-order chi connectivity index (χ1) is 16.5. The standard InChI is InChI=1S/C24H20ClN5O4S/c1-13-8-19-20(28-24(32)23(31)27-19)11-22(13)35(33,34)29-16-6-7-17(18(25)10-16)14-4-5-15(12-26)21(9-14)30(2)3/h4-11,29H,1-3H3,(H,27,31)(H,28,32). The Bertz CT molecular complexity index is 1750. The van der Waals surface area contributed by atoms with Gasteiger partial charge in [-0.15, -0.1) is 0 Å². The number of fused-ring (bicyclic) bond motifs is 1. The van der Waals surface area contributed by atoms with Crippen LogP contribution in [0.15, 0.2) is 63.0 Å². The maximum absolute atomic E-state index is 13.1. The van der Waals surface area contributed by atoms with E-state index >= 15 is 0 Å². The predicted molar refractivity (Wildman–Crippen MR) is 137 cm³/mol. The van der Waals surface area contributed by atoms with E-state index in [4.69, 9.17) is 11.6 Å². The topological polar surface area (TPSA) is 139 Å². The number of nitrogens with one attached hydrogen (secondary N) is 3. The average molecular weight is 510 g/mol. The smallest absolute Gasteiger partial charge is 0.314 e. The van der Waals surface area contributed by atoms with Crippen LogP contribution < -0.4 is 20.7 Å². The van der Waals surface area contributed by atoms with Crippen LogP contribution in [0.1, 0.15) is 11.1 Å². The third-order valence-electron chi connectivity index (χ3n) is 5.44. The third-order valence-corrected chi connectivity index (χ3v) is 7.28. The number of H-pyrrole nitrogens is 2. The number of rotatable bonds is 5. The molecule has 0 unspecified atom stereocenters. The number of hydrogen-bond donors (Lipinski definition) is 3. The van der Waals surface area contributed by atoms with Gasteiger partial charge in [0.1, 0.15) is 6.07 Å². The average Bonchev–Trinajstić information content (AvgIpc) is 2.79. The van der Waals surface area contributed by atoms with Gasteiger partial charge in [-0.3, -0.25) is 14.3 Å². The molecule has 178 valence electrons. The van der Waals surface area contributed by atoms with Gasteiger partial charge >= 0.3 is 11.1 Å². The minimum absolute atomic E-state index is 0.0596. The molecule has 0 atom stereocenters. The van der Waals surface area contributed by atoms with Crippen molar-refractivity contribution in [3.05, 3.63) is 85.4 Å². The summed E-state index contributed by atoms with van der Waals surface area (Å²) in [4.78, 5) is 29.8. The Labute approximate surface area is 205 Å². The lowest BCUT2D eigenvalue weighted by Crippen LogP contribution is -2.29. The Hall–Kier alpha value is -4.07. The van der Waals surface area contributed by atoms with Crippen molar-refractivity contribution in [1.29, 1.82) is 5.26 Å². The number of nitrogens with zero attached hydrogens (tertiary/aromatic N) is 2. The van der Waals surface area contributed by atoms with Crippen molar-refractivity contribution in [2.24, 2.45) is 0 Å². The van der Waals surface area contributed by atoms with Crippen LogP contribution in [0.2, 0.25) is 5.02 Å². The van der Waals surface area contributed by atoms with Gasteiger partial charge in [0, 0.05) is 19.7 Å². The summed E-state index contributed by atoms with van der Waals surface area (Å²) in [6, 6.07) is 15.0. The van der Waals surface area contributed by atoms with Crippen molar-refractivity contribution in [2.45, 2.75) is 11.8 Å². The Morgan fingerprint density at radius 3 is 2.23 bits per heavy atom. The number of aromatic amines is 2. The van der Waals surface area contributed by atoms with Crippen LogP contribution in [0.5, 0.6) is 0 Å². The zero-order chi connectivity index (χ0) is 25.5. The van der Waals surface area contributed by atoms with Gasteiger partial charge in [-0.2, -0.15) is 5.26 Å². The maximum atomic E-state index is 13.1. The minimum Gasteiger partial charge on any atom is -0.377 e. The first-order valence-corrected chi connectivity index (χ1v) is 12.2. The van der Waals surface area contributed by atoms with Crippen molar-refractivity contribution in [3.63, 3.8) is 0 Å². The quantitative estimate of drug-likeness (QED) is 0.351. The third kappa shape index (κ3) is 4.64. The van der Waals surface area contributed by atoms with E-state index in [9.17, 15) is 23.3 Å². The molecule has 3 aromatic carbocycles. The van der Waals surface area contributed by atoms with Gasteiger partial charge in [-0.05, 0) is 54.4 Å². The molecule has 11 heteroatoms. The van der Waals surface area contributed by atoms with Crippen molar-refractivity contribution in [3.8, 4) is 17.2 Å². The largest absolute Gasteiger partial charge is 0.377 e. The first kappa shape index (κ1) is 24.1. The number of hydrogen-bond acceptors (Lipinski definition) is 6. The highest BCUT2D eigenvalue weighted by atomic mass is 35.5. The molecule has 0 aliphatic rings. The fourth-order valence-corrected chi connectivity index (χ4v) is 5.32. The highest BCUT2D eigenvalue weighted by Gasteiger charge is 2.19. The number of sulfonamides is 1. The van der Waals surface area contributed by atoms with Crippen molar-refractivity contribution < 1.29 is 8.42 Å². The molecule has 4 aromatic rings. The lowest BCUT2D eigenvalue weighted by atomic mass is 10.0. The Kier molecular flexibility index (Phi) is 6.15. The second-order valence-electron chi connectivity index (χ2n) is 8.11. The lowest BCUT2D eigenvalue weighted by molar-refractivity contribution is 0.600. The summed E-state index contributed by atoms with van der Waals surface area (Å²) in [5.74, 6) is 0. The number of anilines is 2. The minimum atomic E-state index is -4.05. The second-order valence-corrected chi connectivity index (χ2v) is 10.2. The summed E-state index contributed by atoms with van der Waals surface area (Å²) in [6.45, 7) is 1.58. The van der Waals surface area contributed by atoms with E-state index in [0.717, 1.165) is 11.3 Å². The van der Waals surface area contributed by atoms with Crippen LogP contribution in [0.4, 0.5) is 11.4 Å². The zero-order valence-electron chi connectivity index (χ0n) is 18.9. The summed E-state index contributed by atoms with van der Waals surface area (Å²) in [5.41, 5.74) is 2.14. The molecule has 1 aromatic heterocycles. The Morgan fingerprint density at radius 2 is 1.63 bits per heavy atom. The molecular formula is C24H20ClN5O4S. The van der Waals surface area contributed by atoms with E-state index in [1.807, 2.05) is 25.1 Å². The summed E-state index contributed by atoms with van der Waals surface area (Å²) in [7, 11) is -0.375. The SMILES string of the molecule is Cc1cc2[nH]c(=O)c(=O)[nH]c2cc1S(=O)(=O)Nc1ccc(-c2ccc(C#N)c(N(C)C)c2)c(Cl)c1. The number of halogens is 1. The molecule has 1 heterocycles. The van der Waals surface area contributed by atoms with Gasteiger partial charge in [0.05, 0.1) is 37.9 Å². The molecule has 0 spiro atoms. The van der Waals surface area contributed by atoms with E-state index in [2.05, 4.69) is 20.8 Å². The number of benzene rings is 3. The highest BCUT2D eigenvalue weighted by molar-refractivity contribution is 7.92. The van der Waals surface area contributed by atoms with E-state index in [1.54, 1.807) is 31.2 Å². The van der Waals surface area contributed by atoms with Gasteiger partial charge < -0.3 is 14.9 Å². The summed E-state index contributed by atoms with van der Waals surface area (Å²) >= 11 is 6.50. The summed E-state index contributed by atoms with van der Waals surface area (Å²) in [5, 5.41) is 9.64. The van der Waals surface area contributed by atoms with Gasteiger partial charge in [-0.1, -0.05) is 23.7 Å². The van der Waals surface area contributed by atoms with Crippen molar-refractivity contribution in [2.75, 3.05) is 23.7 Å². The van der Waals surface area contributed by atoms with Crippen LogP contribution in [0.25, 0.3) is 22.2 Å². The molecule has 0 amide bonds. The monoisotopic (exact) mass is 509 g/mol. The number of aryl methyl sites for hydroxylation is 1. The van der Waals surface area contributed by atoms with Gasteiger partial charge in [0.15, 0.2) is 0 Å². The molecule has 0 saturated heterocycles. The predicted octanol–water partition coefficient (Wildman–Crippen LogP) is 3.58. The molecule has 0 aliphatic carbocycles. The normalized spacial score (nSPS) is 11.3. The van der Waals surface area contributed by atoms with Gasteiger partial charge in [0.25, 0.3) is 10.0 Å². The van der Waals surface area contributed by atoms with Gasteiger partial charge in [-0.25, -0.2) is 8.42 Å². The number of nitriles is 1. The number of aromatic nitrogens is 2. The molecule has 9 nitrogen and oxygen atoms in total. The molecule has 0 aliphatic heterocycles. The highest BCUT2D eigenvalue weighted by Crippen LogP contribution is 2.34. The van der Waals surface area contributed by atoms with Crippen LogP contribution in [0, 0.1) is 18.3 Å². The maximum Gasteiger partial charge on any atom is 0.314 e. The molecule has 0 saturated carbocycles. The molecule has 0 radical (unpaired) electrons. The van der Waals surface area contributed by atoms with Crippen LogP contribution in [-0.4, -0.2) is 32.5 Å². The summed E-state index contributed by atoms with van der Waals surface area (Å²) in [6.07, 6.45) is 0. The van der Waals surface area contributed by atoms with E-state index in [1.165, 1.54) is 18.2 Å². The molecular weight excluding hydrogens is 490 g/mol. The van der Waals surface area contributed by atoms with E-state index < -0.39 is 21.1 Å². The first-order valence-electron chi connectivity index (χ1n) is 10.3. The van der Waals surface area contributed by atoms with Crippen LogP contribution in [-0.2, 0) is 10.0 Å². The fourth-order valence-electron chi connectivity index (χ4n) is 3.73. The molecule has 0 bridgehead atoms. The lowest BCUT2D eigenvalue weighted by Gasteiger charge is -2.17. The Morgan fingerprint density at radius 1 is 0.971 bits per heavy atom. The molecule has 4 rings (SSSR count). The van der Waals surface area contributed by atoms with E-state index in [0.29, 0.717) is 27.2 Å². The molecule has 3 N–H and O–H groups in total. The summed E-state index contributed by atoms with van der Waals surface area (Å²) < 4.78 is 28.7. The van der Waals surface area contributed by atoms with Crippen LogP contribution >= 0.6 is 11.6 Å². The fraction of sp³-hybridized carbons (Fsp3) is 0.125.